The van der Waals surface area contributed by atoms with Crippen molar-refractivity contribution in [3.05, 3.63) is 46.6 Å². The molecule has 2 rings (SSSR count). The van der Waals surface area contributed by atoms with E-state index in [0.29, 0.717) is 18.3 Å². The van der Waals surface area contributed by atoms with Gasteiger partial charge in [-0.2, -0.15) is 0 Å². The molecule has 2 N–H and O–H groups in total. The van der Waals surface area contributed by atoms with Crippen LogP contribution in [0, 0.1) is 0 Å². The van der Waals surface area contributed by atoms with Gasteiger partial charge in [0.15, 0.2) is 0 Å². The van der Waals surface area contributed by atoms with Crippen LogP contribution in [-0.4, -0.2) is 0 Å². The fourth-order valence-electron chi connectivity index (χ4n) is 1.14. The predicted octanol–water partition coefficient (Wildman–Crippen LogP) is 3.71. The van der Waals surface area contributed by atoms with Crippen molar-refractivity contribution in [1.29, 1.82) is 0 Å². The van der Waals surface area contributed by atoms with Crippen LogP contribution in [0.15, 0.2) is 45.3 Å². The summed E-state index contributed by atoms with van der Waals surface area (Å²) in [5.41, 5.74) is 5.42. The smallest absolute Gasteiger partial charge is 0.290 e. The highest BCUT2D eigenvalue weighted by Gasteiger charge is 2.02. The lowest BCUT2D eigenvalue weighted by Gasteiger charge is -2.01. The average molecular weight is 305 g/mol. The Balaban J connectivity index is 0.00000128. The summed E-state index contributed by atoms with van der Waals surface area (Å²) >= 11 is 3.35. The Hall–Kier alpha value is -0.970. The van der Waals surface area contributed by atoms with Gasteiger partial charge in [-0.1, -0.05) is 15.9 Å². The molecule has 0 unspecified atom stereocenters. The lowest BCUT2D eigenvalue weighted by molar-refractivity contribution is 0.333. The van der Waals surface area contributed by atoms with Crippen LogP contribution in [0.5, 0.6) is 11.7 Å². The van der Waals surface area contributed by atoms with Gasteiger partial charge in [-0.15, -0.1) is 12.4 Å². The Labute approximate surface area is 108 Å². The van der Waals surface area contributed by atoms with E-state index >= 15 is 0 Å². The maximum atomic E-state index is 5.47. The van der Waals surface area contributed by atoms with E-state index < -0.39 is 0 Å². The van der Waals surface area contributed by atoms with E-state index in [1.807, 2.05) is 24.3 Å². The van der Waals surface area contributed by atoms with E-state index in [2.05, 4.69) is 15.9 Å². The summed E-state index contributed by atoms with van der Waals surface area (Å²) in [4.78, 5) is 0. The molecule has 0 atom stereocenters. The molecule has 1 heterocycles. The highest BCUT2D eigenvalue weighted by atomic mass is 79.9. The van der Waals surface area contributed by atoms with Crippen LogP contribution in [0.1, 0.15) is 5.76 Å². The van der Waals surface area contributed by atoms with Crippen molar-refractivity contribution in [1.82, 2.24) is 0 Å². The SMILES string of the molecule is Cl.NCc1ccc(Oc2ccc(Br)cc2)o1. The summed E-state index contributed by atoms with van der Waals surface area (Å²) in [6.45, 7) is 0.379. The summed E-state index contributed by atoms with van der Waals surface area (Å²) in [7, 11) is 0. The van der Waals surface area contributed by atoms with Crippen molar-refractivity contribution in [2.45, 2.75) is 6.54 Å². The molecule has 3 nitrogen and oxygen atoms in total. The normalized spacial score (nSPS) is 9.62. The van der Waals surface area contributed by atoms with E-state index in [1.165, 1.54) is 0 Å². The molecule has 0 amide bonds. The van der Waals surface area contributed by atoms with Gasteiger partial charge in [-0.05, 0) is 30.3 Å². The van der Waals surface area contributed by atoms with Gasteiger partial charge < -0.3 is 14.9 Å². The van der Waals surface area contributed by atoms with Crippen molar-refractivity contribution < 1.29 is 9.15 Å². The molecule has 86 valence electrons. The van der Waals surface area contributed by atoms with Crippen LogP contribution >= 0.6 is 28.3 Å². The van der Waals surface area contributed by atoms with E-state index in [1.54, 1.807) is 12.1 Å². The van der Waals surface area contributed by atoms with E-state index in [9.17, 15) is 0 Å². The highest BCUT2D eigenvalue weighted by Crippen LogP contribution is 2.24. The Kier molecular flexibility index (Phi) is 4.86. The lowest BCUT2D eigenvalue weighted by Crippen LogP contribution is -1.92. The number of hydrogen-bond acceptors (Lipinski definition) is 3. The second-order valence-electron chi connectivity index (χ2n) is 2.98. The largest absolute Gasteiger partial charge is 0.429 e. The molecule has 0 spiro atoms. The van der Waals surface area contributed by atoms with Crippen molar-refractivity contribution >= 4 is 28.3 Å². The number of furan rings is 1. The summed E-state index contributed by atoms with van der Waals surface area (Å²) in [5.74, 6) is 1.90. The molecule has 0 aliphatic carbocycles. The van der Waals surface area contributed by atoms with Crippen molar-refractivity contribution in [2.75, 3.05) is 0 Å². The molecular weight excluding hydrogens is 293 g/mol. The van der Waals surface area contributed by atoms with E-state index in [0.717, 1.165) is 10.2 Å². The fraction of sp³-hybridized carbons (Fsp3) is 0.0909. The van der Waals surface area contributed by atoms with Crippen LogP contribution in [0.2, 0.25) is 0 Å². The van der Waals surface area contributed by atoms with Gasteiger partial charge in [-0.3, -0.25) is 0 Å². The van der Waals surface area contributed by atoms with Crippen LogP contribution in [0.4, 0.5) is 0 Å². The first-order valence-electron chi connectivity index (χ1n) is 4.50. The zero-order valence-electron chi connectivity index (χ0n) is 8.35. The molecule has 1 aromatic heterocycles. The molecule has 0 bridgehead atoms. The van der Waals surface area contributed by atoms with Gasteiger partial charge >= 0.3 is 0 Å². The molecule has 2 aromatic rings. The highest BCUT2D eigenvalue weighted by molar-refractivity contribution is 9.10. The van der Waals surface area contributed by atoms with Gasteiger partial charge in [-0.25, -0.2) is 0 Å². The Morgan fingerprint density at radius 1 is 1.12 bits per heavy atom. The van der Waals surface area contributed by atoms with Crippen LogP contribution in [-0.2, 0) is 6.54 Å². The molecule has 0 aliphatic heterocycles. The third-order valence-corrected chi connectivity index (χ3v) is 2.40. The fourth-order valence-corrected chi connectivity index (χ4v) is 1.41. The van der Waals surface area contributed by atoms with Crippen molar-refractivity contribution in [2.24, 2.45) is 5.73 Å². The van der Waals surface area contributed by atoms with Gasteiger partial charge in [0.25, 0.3) is 5.95 Å². The lowest BCUT2D eigenvalue weighted by atomic mass is 10.3. The molecule has 0 radical (unpaired) electrons. The van der Waals surface area contributed by atoms with Gasteiger partial charge in [0, 0.05) is 10.5 Å². The summed E-state index contributed by atoms with van der Waals surface area (Å²) in [5, 5.41) is 0. The maximum Gasteiger partial charge on any atom is 0.290 e. The predicted molar refractivity (Wildman–Crippen MR) is 68.1 cm³/mol. The topological polar surface area (TPSA) is 48.4 Å². The maximum absolute atomic E-state index is 5.47. The van der Waals surface area contributed by atoms with Gasteiger partial charge in [0.1, 0.15) is 11.5 Å². The third-order valence-electron chi connectivity index (χ3n) is 1.87. The Morgan fingerprint density at radius 2 is 1.81 bits per heavy atom. The quantitative estimate of drug-likeness (QED) is 0.940. The van der Waals surface area contributed by atoms with Crippen LogP contribution < -0.4 is 10.5 Å². The molecule has 0 fully saturated rings. The standard InChI is InChI=1S/C11H10BrNO2.ClH/c12-8-1-3-9(4-2-8)14-11-6-5-10(7-13)15-11;/h1-6H,7,13H2;1H. The van der Waals surface area contributed by atoms with Gasteiger partial charge in [0.2, 0.25) is 0 Å². The number of benzene rings is 1. The summed E-state index contributed by atoms with van der Waals surface area (Å²) in [6.07, 6.45) is 0. The molecule has 0 aliphatic rings. The molecule has 0 saturated heterocycles. The Bertz CT molecular complexity index is 442. The van der Waals surface area contributed by atoms with Crippen LogP contribution in [0.3, 0.4) is 0 Å². The zero-order valence-corrected chi connectivity index (χ0v) is 10.8. The number of ether oxygens (including phenoxy) is 1. The molecule has 0 saturated carbocycles. The second-order valence-corrected chi connectivity index (χ2v) is 3.90. The second kappa shape index (κ2) is 5.94. The molecule has 5 heteroatoms. The number of nitrogens with two attached hydrogens (primary N) is 1. The third kappa shape index (κ3) is 3.27. The molecule has 1 aromatic carbocycles. The average Bonchev–Trinajstić information content (AvgIpc) is 2.69. The van der Waals surface area contributed by atoms with Crippen molar-refractivity contribution in [3.63, 3.8) is 0 Å². The number of halogens is 2. The van der Waals surface area contributed by atoms with E-state index in [-0.39, 0.29) is 12.4 Å². The summed E-state index contributed by atoms with van der Waals surface area (Å²) in [6, 6.07) is 11.1. The monoisotopic (exact) mass is 303 g/mol. The first-order chi connectivity index (χ1) is 7.28. The minimum absolute atomic E-state index is 0. The molecular formula is C11H11BrClNO2. The van der Waals surface area contributed by atoms with Gasteiger partial charge in [0.05, 0.1) is 6.54 Å². The molecule has 16 heavy (non-hydrogen) atoms. The van der Waals surface area contributed by atoms with E-state index in [4.69, 9.17) is 14.9 Å². The number of hydrogen-bond donors (Lipinski definition) is 1. The minimum atomic E-state index is 0. The Morgan fingerprint density at radius 3 is 2.38 bits per heavy atom. The first kappa shape index (κ1) is 13.1. The number of rotatable bonds is 3. The van der Waals surface area contributed by atoms with Crippen molar-refractivity contribution in [3.8, 4) is 11.7 Å². The first-order valence-corrected chi connectivity index (χ1v) is 5.29. The van der Waals surface area contributed by atoms with Crippen LogP contribution in [0.25, 0.3) is 0 Å². The zero-order chi connectivity index (χ0) is 10.7. The minimum Gasteiger partial charge on any atom is -0.429 e. The summed E-state index contributed by atoms with van der Waals surface area (Å²) < 4.78 is 11.8.